The minimum absolute atomic E-state index is 0.0554. The van der Waals surface area contributed by atoms with Gasteiger partial charge in [-0.15, -0.1) is 0 Å². The second-order valence-corrected chi connectivity index (χ2v) is 13.3. The molecule has 4 heterocycles. The van der Waals surface area contributed by atoms with Crippen LogP contribution in [-0.2, 0) is 27.0 Å². The van der Waals surface area contributed by atoms with E-state index in [0.717, 1.165) is 42.8 Å². The largest absolute Gasteiger partial charge is 0.466 e. The quantitative estimate of drug-likeness (QED) is 0.154. The number of aromatic nitrogens is 3. The Hall–Kier alpha value is -3.11. The van der Waals surface area contributed by atoms with Crippen LogP contribution < -0.4 is 10.2 Å². The molecule has 0 aliphatic carbocycles. The van der Waals surface area contributed by atoms with E-state index in [1.807, 2.05) is 4.90 Å². The smallest absolute Gasteiger partial charge is 0.416 e. The first-order chi connectivity index (χ1) is 23.0. The summed E-state index contributed by atoms with van der Waals surface area (Å²) in [5.74, 6) is -0.957. The molecule has 48 heavy (non-hydrogen) atoms. The average molecular weight is 714 g/mol. The van der Waals surface area contributed by atoms with E-state index < -0.39 is 17.6 Å². The lowest BCUT2D eigenvalue weighted by Gasteiger charge is -2.41. The van der Waals surface area contributed by atoms with E-state index in [2.05, 4.69) is 37.0 Å². The zero-order chi connectivity index (χ0) is 34.4. The minimum Gasteiger partial charge on any atom is -0.466 e. The molecule has 262 valence electrons. The first-order valence-corrected chi connectivity index (χ1v) is 17.2. The van der Waals surface area contributed by atoms with Crippen LogP contribution in [0, 0.1) is 5.82 Å². The maximum absolute atomic E-state index is 16.1. The summed E-state index contributed by atoms with van der Waals surface area (Å²) in [5.41, 5.74) is -0.283. The highest BCUT2D eigenvalue weighted by Gasteiger charge is 2.33. The number of hydrogen-bond donors (Lipinski definition) is 1. The van der Waals surface area contributed by atoms with E-state index >= 15 is 4.39 Å². The molecule has 3 aromatic rings. The first kappa shape index (κ1) is 36.2. The Morgan fingerprint density at radius 1 is 1.12 bits per heavy atom. The first-order valence-electron chi connectivity index (χ1n) is 16.0. The molecule has 5 rings (SSSR count). The van der Waals surface area contributed by atoms with Gasteiger partial charge >= 0.3 is 12.1 Å². The number of thiazole rings is 1. The van der Waals surface area contributed by atoms with Crippen LogP contribution in [0.4, 0.5) is 34.3 Å². The van der Waals surface area contributed by atoms with Gasteiger partial charge in [0.15, 0.2) is 16.8 Å². The maximum atomic E-state index is 16.1. The number of nitrogens with one attached hydrogen (secondary N) is 1. The van der Waals surface area contributed by atoms with Crippen LogP contribution in [0.2, 0.25) is 5.02 Å². The number of piperazine rings is 1. The number of alkyl halides is 3. The molecule has 0 spiro atoms. The molecule has 16 heteroatoms. The molecule has 0 unspecified atom stereocenters. The Labute approximate surface area is 286 Å². The van der Waals surface area contributed by atoms with Gasteiger partial charge in [0.1, 0.15) is 6.33 Å². The predicted octanol–water partition coefficient (Wildman–Crippen LogP) is 6.62. The summed E-state index contributed by atoms with van der Waals surface area (Å²) >= 11 is 7.40. The number of halogens is 5. The fraction of sp³-hybridized carbons (Fsp3) is 0.562. The number of nitrogens with zero attached hydrogens (tertiary/aromatic N) is 6. The Morgan fingerprint density at radius 2 is 1.94 bits per heavy atom. The number of rotatable bonds is 13. The van der Waals surface area contributed by atoms with Crippen molar-refractivity contribution < 1.29 is 31.8 Å². The predicted molar refractivity (Wildman–Crippen MR) is 177 cm³/mol. The average Bonchev–Trinajstić information content (AvgIpc) is 3.67. The van der Waals surface area contributed by atoms with Crippen molar-refractivity contribution in [3.05, 3.63) is 45.8 Å². The fourth-order valence-corrected chi connectivity index (χ4v) is 7.59. The molecule has 0 bridgehead atoms. The lowest BCUT2D eigenvalue weighted by atomic mass is 10.1. The van der Waals surface area contributed by atoms with Gasteiger partial charge in [-0.1, -0.05) is 29.9 Å². The van der Waals surface area contributed by atoms with Crippen LogP contribution in [-0.4, -0.2) is 95.9 Å². The van der Waals surface area contributed by atoms with Crippen molar-refractivity contribution in [1.82, 2.24) is 24.8 Å². The highest BCUT2D eigenvalue weighted by molar-refractivity contribution is 7.16. The molecular weight excluding hydrogens is 674 g/mol. The van der Waals surface area contributed by atoms with Gasteiger partial charge in [0.25, 0.3) is 0 Å². The summed E-state index contributed by atoms with van der Waals surface area (Å²) in [6, 6.07) is 3.63. The van der Waals surface area contributed by atoms with Gasteiger partial charge in [-0.05, 0) is 50.9 Å². The van der Waals surface area contributed by atoms with E-state index in [1.54, 1.807) is 14.0 Å². The van der Waals surface area contributed by atoms with Crippen molar-refractivity contribution >= 4 is 45.7 Å². The van der Waals surface area contributed by atoms with Gasteiger partial charge in [-0.25, -0.2) is 15.0 Å². The minimum atomic E-state index is -4.59. The van der Waals surface area contributed by atoms with Crippen LogP contribution in [0.3, 0.4) is 0 Å². The van der Waals surface area contributed by atoms with Gasteiger partial charge < -0.3 is 19.7 Å². The lowest BCUT2D eigenvalue weighted by Crippen LogP contribution is -2.55. The summed E-state index contributed by atoms with van der Waals surface area (Å²) in [7, 11) is 1.59. The van der Waals surface area contributed by atoms with Gasteiger partial charge in [0.2, 0.25) is 5.82 Å². The molecular formula is C32H40ClF4N7O3S. The number of methoxy groups -OCH3 is 1. The Balaban J connectivity index is 1.40. The lowest BCUT2D eigenvalue weighted by molar-refractivity contribution is -0.143. The Bertz CT molecular complexity index is 1560. The third-order valence-corrected chi connectivity index (χ3v) is 9.85. The molecule has 2 atom stereocenters. The number of ether oxygens (including phenoxy) is 2. The number of carbonyl (C=O) groups excluding carboxylic acids is 1. The van der Waals surface area contributed by atoms with Crippen molar-refractivity contribution in [2.75, 3.05) is 63.3 Å². The standard InChI is InChI=1S/C32H40ClF4N7O3S/c1-4-23-7-6-9-43(23)17-25-28(20-13-21(32(35,36)37)15-22(33)14-20)40-31(48-25)41-29-27(34)30(39-19-38-29)44-12-11-42(24(16-44)18-46-3)10-8-26(45)47-5-2/h13-15,19,23-24H,4-12,16-18H2,1-3H3,(H,38,39,40,41)/t23-,24+/m1/s1. The number of anilines is 3. The van der Waals surface area contributed by atoms with Crippen molar-refractivity contribution in [3.63, 3.8) is 0 Å². The Kier molecular flexibility index (Phi) is 12.1. The summed E-state index contributed by atoms with van der Waals surface area (Å²) in [6.45, 7) is 7.81. The number of likely N-dealkylation sites (tertiary alicyclic amines) is 1. The normalized spacial score (nSPS) is 19.2. The van der Waals surface area contributed by atoms with E-state index in [1.165, 1.54) is 23.7 Å². The SMILES string of the molecule is CCOC(=O)CCN1CCN(c2ncnc(Nc3nc(-c4cc(Cl)cc(C(F)(F)F)c4)c(CN4CCC[C@H]4CC)s3)c2F)C[C@H]1COC. The van der Waals surface area contributed by atoms with Crippen molar-refractivity contribution in [1.29, 1.82) is 0 Å². The van der Waals surface area contributed by atoms with Gasteiger partial charge in [-0.3, -0.25) is 14.6 Å². The molecule has 2 aromatic heterocycles. The van der Waals surface area contributed by atoms with Crippen molar-refractivity contribution in [3.8, 4) is 11.3 Å². The third-order valence-electron chi connectivity index (χ3n) is 8.68. The number of carbonyl (C=O) groups is 1. The van der Waals surface area contributed by atoms with Crippen LogP contribution in [0.5, 0.6) is 0 Å². The molecule has 2 aliphatic heterocycles. The summed E-state index contributed by atoms with van der Waals surface area (Å²) in [4.78, 5) is 32.0. The number of benzene rings is 1. The number of esters is 1. The zero-order valence-corrected chi connectivity index (χ0v) is 28.7. The van der Waals surface area contributed by atoms with E-state index in [-0.39, 0.29) is 45.8 Å². The molecule has 2 saturated heterocycles. The second kappa shape index (κ2) is 16.1. The molecule has 0 saturated carbocycles. The molecule has 2 fully saturated rings. The zero-order valence-electron chi connectivity index (χ0n) is 27.2. The Morgan fingerprint density at radius 3 is 2.67 bits per heavy atom. The van der Waals surface area contributed by atoms with Gasteiger partial charge in [0.05, 0.1) is 36.9 Å². The monoisotopic (exact) mass is 713 g/mol. The summed E-state index contributed by atoms with van der Waals surface area (Å²) in [5, 5.41) is 3.20. The fourth-order valence-electron chi connectivity index (χ4n) is 6.35. The molecule has 0 radical (unpaired) electrons. The highest BCUT2D eigenvalue weighted by atomic mass is 35.5. The topological polar surface area (TPSA) is 96.0 Å². The van der Waals surface area contributed by atoms with Crippen LogP contribution in [0.25, 0.3) is 11.3 Å². The molecule has 0 amide bonds. The van der Waals surface area contributed by atoms with E-state index in [0.29, 0.717) is 57.7 Å². The highest BCUT2D eigenvalue weighted by Crippen LogP contribution is 2.40. The molecule has 10 nitrogen and oxygen atoms in total. The molecule has 1 N–H and O–H groups in total. The molecule has 2 aliphatic rings. The van der Waals surface area contributed by atoms with Crippen LogP contribution in [0.15, 0.2) is 24.5 Å². The van der Waals surface area contributed by atoms with Crippen LogP contribution in [0.1, 0.15) is 50.0 Å². The maximum Gasteiger partial charge on any atom is 0.416 e. The van der Waals surface area contributed by atoms with E-state index in [4.69, 9.17) is 21.1 Å². The van der Waals surface area contributed by atoms with Crippen LogP contribution >= 0.6 is 22.9 Å². The van der Waals surface area contributed by atoms with Gasteiger partial charge in [-0.2, -0.15) is 17.6 Å². The van der Waals surface area contributed by atoms with E-state index in [9.17, 15) is 18.0 Å². The third kappa shape index (κ3) is 8.72. The summed E-state index contributed by atoms with van der Waals surface area (Å²) in [6.07, 6.45) is -0.0523. The number of hydrogen-bond acceptors (Lipinski definition) is 11. The molecule has 1 aromatic carbocycles. The van der Waals surface area contributed by atoms with Gasteiger partial charge in [0, 0.05) is 61.3 Å². The second-order valence-electron chi connectivity index (χ2n) is 11.8. The summed E-state index contributed by atoms with van der Waals surface area (Å²) < 4.78 is 67.7. The van der Waals surface area contributed by atoms with Crippen molar-refractivity contribution in [2.24, 2.45) is 0 Å². The van der Waals surface area contributed by atoms with Crippen molar-refractivity contribution in [2.45, 2.75) is 64.3 Å².